The second-order valence-electron chi connectivity index (χ2n) is 8.24. The van der Waals surface area contributed by atoms with Crippen molar-refractivity contribution in [2.24, 2.45) is 22.2 Å². The van der Waals surface area contributed by atoms with E-state index in [1.54, 1.807) is 0 Å². The van der Waals surface area contributed by atoms with Crippen LogP contribution in [0.4, 0.5) is 13.2 Å². The number of hydrogen-bond donors (Lipinski definition) is 2. The lowest BCUT2D eigenvalue weighted by molar-refractivity contribution is -0.182. The molecule has 1 aliphatic heterocycles. The normalized spacial score (nSPS) is 36.5. The number of guanidine groups is 1. The van der Waals surface area contributed by atoms with Crippen LogP contribution in [0.5, 0.6) is 0 Å². The average molecular weight is 489 g/mol. The molecule has 0 aromatic heterocycles. The van der Waals surface area contributed by atoms with E-state index in [-0.39, 0.29) is 48.3 Å². The van der Waals surface area contributed by atoms with Gasteiger partial charge in [0.2, 0.25) is 0 Å². The highest BCUT2D eigenvalue weighted by Gasteiger charge is 2.59. The van der Waals surface area contributed by atoms with Gasteiger partial charge in [-0.1, -0.05) is 13.8 Å². The summed E-state index contributed by atoms with van der Waals surface area (Å²) in [7, 11) is 0. The molecule has 2 N–H and O–H groups in total. The van der Waals surface area contributed by atoms with E-state index in [4.69, 9.17) is 4.74 Å². The zero-order valence-electron chi connectivity index (χ0n) is 15.7. The summed E-state index contributed by atoms with van der Waals surface area (Å²) < 4.78 is 44.3. The van der Waals surface area contributed by atoms with Crippen LogP contribution >= 0.6 is 24.0 Å². The van der Waals surface area contributed by atoms with Crippen molar-refractivity contribution in [2.75, 3.05) is 13.2 Å². The van der Waals surface area contributed by atoms with Crippen LogP contribution in [0.1, 0.15) is 52.9 Å². The summed E-state index contributed by atoms with van der Waals surface area (Å²) in [6, 6.07) is 0.361. The van der Waals surface area contributed by atoms with Crippen molar-refractivity contribution in [1.82, 2.24) is 10.6 Å². The second-order valence-corrected chi connectivity index (χ2v) is 8.24. The van der Waals surface area contributed by atoms with E-state index in [0.717, 1.165) is 19.0 Å². The van der Waals surface area contributed by atoms with Gasteiger partial charge in [0.15, 0.2) is 5.96 Å². The Morgan fingerprint density at radius 3 is 2.35 bits per heavy atom. The molecule has 0 amide bonds. The third-order valence-electron chi connectivity index (χ3n) is 6.24. The Morgan fingerprint density at radius 2 is 1.77 bits per heavy atom. The predicted octanol–water partition coefficient (Wildman–Crippen LogP) is 4.09. The number of halogens is 4. The van der Waals surface area contributed by atoms with Crippen molar-refractivity contribution in [3.8, 4) is 0 Å². The van der Waals surface area contributed by atoms with E-state index in [0.29, 0.717) is 37.5 Å². The van der Waals surface area contributed by atoms with Gasteiger partial charge in [-0.15, -0.1) is 24.0 Å². The van der Waals surface area contributed by atoms with Gasteiger partial charge in [0.25, 0.3) is 0 Å². The molecule has 0 bridgehead atoms. The third-order valence-corrected chi connectivity index (χ3v) is 6.24. The molecule has 3 rings (SSSR count). The fourth-order valence-corrected chi connectivity index (χ4v) is 4.81. The molecule has 152 valence electrons. The van der Waals surface area contributed by atoms with Crippen molar-refractivity contribution in [3.05, 3.63) is 0 Å². The highest BCUT2D eigenvalue weighted by molar-refractivity contribution is 14.0. The van der Waals surface area contributed by atoms with Crippen LogP contribution in [0.15, 0.2) is 4.99 Å². The maximum atomic E-state index is 12.8. The van der Waals surface area contributed by atoms with Crippen LogP contribution in [0.2, 0.25) is 0 Å². The highest BCUT2D eigenvalue weighted by atomic mass is 127. The molecule has 4 nitrogen and oxygen atoms in total. The van der Waals surface area contributed by atoms with Crippen LogP contribution in [0, 0.1) is 17.3 Å². The van der Waals surface area contributed by atoms with Crippen LogP contribution < -0.4 is 10.6 Å². The number of alkyl halides is 3. The quantitative estimate of drug-likeness (QED) is 0.357. The van der Waals surface area contributed by atoms with Crippen molar-refractivity contribution in [2.45, 2.75) is 77.2 Å². The summed E-state index contributed by atoms with van der Waals surface area (Å²) in [6.45, 7) is 7.83. The van der Waals surface area contributed by atoms with Crippen molar-refractivity contribution < 1.29 is 17.9 Å². The molecule has 1 saturated heterocycles. The molecule has 0 radical (unpaired) electrons. The first-order valence-corrected chi connectivity index (χ1v) is 9.49. The smallest absolute Gasteiger partial charge is 0.377 e. The van der Waals surface area contributed by atoms with E-state index in [2.05, 4.69) is 29.5 Å². The van der Waals surface area contributed by atoms with Crippen molar-refractivity contribution >= 4 is 29.9 Å². The molecule has 0 aromatic carbocycles. The third kappa shape index (κ3) is 4.42. The second kappa shape index (κ2) is 8.41. The summed E-state index contributed by atoms with van der Waals surface area (Å²) in [5, 5.41) is 6.92. The summed E-state index contributed by atoms with van der Waals surface area (Å²) in [5.74, 6) is 0.0910. The minimum atomic E-state index is -4.06. The van der Waals surface area contributed by atoms with Crippen LogP contribution in [0.25, 0.3) is 0 Å². The summed E-state index contributed by atoms with van der Waals surface area (Å²) in [4.78, 5) is 4.52. The lowest BCUT2D eigenvalue weighted by Crippen LogP contribution is -2.68. The van der Waals surface area contributed by atoms with E-state index in [1.807, 2.05) is 6.92 Å². The molecule has 1 heterocycles. The number of hydrogen-bond acceptors (Lipinski definition) is 2. The number of nitrogens with zero attached hydrogens (tertiary/aromatic N) is 1. The van der Waals surface area contributed by atoms with Gasteiger partial charge in [0.05, 0.1) is 12.0 Å². The van der Waals surface area contributed by atoms with Crippen LogP contribution in [0.3, 0.4) is 0 Å². The largest absolute Gasteiger partial charge is 0.391 e. The maximum Gasteiger partial charge on any atom is 0.391 e. The van der Waals surface area contributed by atoms with Gasteiger partial charge >= 0.3 is 6.18 Å². The van der Waals surface area contributed by atoms with Gasteiger partial charge in [-0.25, -0.2) is 0 Å². The van der Waals surface area contributed by atoms with E-state index in [1.165, 1.54) is 0 Å². The molecular weight excluding hydrogens is 458 g/mol. The Morgan fingerprint density at radius 1 is 1.12 bits per heavy atom. The highest BCUT2D eigenvalue weighted by Crippen LogP contribution is 2.52. The first kappa shape index (κ1) is 22.0. The minimum Gasteiger partial charge on any atom is -0.377 e. The standard InChI is InChI=1S/C18H30F3N3O.HI/c1-4-22-16(23-12-7-5-11(6-8-12)18(19,20)21)24-14-13-9-10-25-15(13)17(14,2)3;/h11-15H,4-10H2,1-3H3,(H2,22,23,24);1H. The maximum absolute atomic E-state index is 12.8. The number of fused-ring (bicyclic) bond motifs is 1. The van der Waals surface area contributed by atoms with E-state index < -0.39 is 12.1 Å². The number of rotatable bonds is 3. The molecule has 0 spiro atoms. The summed E-state index contributed by atoms with van der Waals surface area (Å²) in [5.41, 5.74) is 0.0469. The molecule has 8 heteroatoms. The monoisotopic (exact) mass is 489 g/mol. The van der Waals surface area contributed by atoms with Crippen molar-refractivity contribution in [3.63, 3.8) is 0 Å². The minimum absolute atomic E-state index is 0. The predicted molar refractivity (Wildman–Crippen MR) is 107 cm³/mol. The Bertz CT molecular complexity index is 504. The zero-order chi connectivity index (χ0) is 18.2. The lowest BCUT2D eigenvalue weighted by atomic mass is 9.57. The number of ether oxygens (including phenoxy) is 1. The van der Waals surface area contributed by atoms with Gasteiger partial charge in [0.1, 0.15) is 0 Å². The Labute approximate surface area is 171 Å². The summed E-state index contributed by atoms with van der Waals surface area (Å²) >= 11 is 0. The van der Waals surface area contributed by atoms with Gasteiger partial charge in [0, 0.05) is 36.6 Å². The molecule has 0 aromatic rings. The molecule has 2 aliphatic carbocycles. The van der Waals surface area contributed by atoms with E-state index >= 15 is 0 Å². The van der Waals surface area contributed by atoms with Crippen LogP contribution in [-0.2, 0) is 4.74 Å². The first-order valence-electron chi connectivity index (χ1n) is 9.49. The molecule has 3 atom stereocenters. The first-order chi connectivity index (χ1) is 11.7. The molecule has 3 aliphatic rings. The van der Waals surface area contributed by atoms with Gasteiger partial charge in [-0.3, -0.25) is 4.99 Å². The molecular formula is C18H31F3IN3O. The molecule has 3 fully saturated rings. The van der Waals surface area contributed by atoms with Crippen LogP contribution in [-0.4, -0.2) is 43.5 Å². The molecule has 2 saturated carbocycles. The van der Waals surface area contributed by atoms with Gasteiger partial charge in [-0.2, -0.15) is 13.2 Å². The number of nitrogens with one attached hydrogen (secondary N) is 2. The van der Waals surface area contributed by atoms with Gasteiger partial charge < -0.3 is 15.4 Å². The fraction of sp³-hybridized carbons (Fsp3) is 0.944. The SMILES string of the molecule is CCN=C(NC1CCC(C(F)(F)F)CC1)NC1C2CCOC2C1(C)C.I. The number of aliphatic imine (C=N–C) groups is 1. The Hall–Kier alpha value is -0.250. The molecule has 26 heavy (non-hydrogen) atoms. The fourth-order valence-electron chi connectivity index (χ4n) is 4.81. The van der Waals surface area contributed by atoms with E-state index in [9.17, 15) is 13.2 Å². The Balaban J connectivity index is 0.00000243. The topological polar surface area (TPSA) is 45.7 Å². The zero-order valence-corrected chi connectivity index (χ0v) is 18.1. The average Bonchev–Trinajstić information content (AvgIpc) is 2.99. The molecule has 3 unspecified atom stereocenters. The van der Waals surface area contributed by atoms with Gasteiger partial charge in [-0.05, 0) is 39.0 Å². The lowest BCUT2D eigenvalue weighted by Gasteiger charge is -2.55. The summed E-state index contributed by atoms with van der Waals surface area (Å²) in [6.07, 6.45) is -1.22. The van der Waals surface area contributed by atoms with Crippen molar-refractivity contribution in [1.29, 1.82) is 0 Å². The Kier molecular flexibility index (Phi) is 7.13.